The lowest BCUT2D eigenvalue weighted by atomic mass is 10.0. The molecule has 0 atom stereocenters. The number of carbonyl (C=O) groups is 2. The molecule has 0 heterocycles. The second-order valence-corrected chi connectivity index (χ2v) is 4.88. The molecule has 0 aliphatic rings. The summed E-state index contributed by atoms with van der Waals surface area (Å²) in [4.78, 5) is 25.4. The fraction of sp³-hybridized carbons (Fsp3) is 0.500. The van der Waals surface area contributed by atoms with Crippen LogP contribution in [0.25, 0.3) is 0 Å². The predicted octanol–water partition coefficient (Wildman–Crippen LogP) is 1.67. The van der Waals surface area contributed by atoms with Gasteiger partial charge in [0.15, 0.2) is 0 Å². The number of methoxy groups -OCH3 is 1. The second kappa shape index (κ2) is 8.42. The number of amides is 2. The number of hydrogen-bond donors (Lipinski definition) is 1. The van der Waals surface area contributed by atoms with Gasteiger partial charge >= 0.3 is 0 Å². The summed E-state index contributed by atoms with van der Waals surface area (Å²) in [5, 5.41) is 2.74. The third kappa shape index (κ3) is 4.86. The molecule has 5 nitrogen and oxygen atoms in total. The van der Waals surface area contributed by atoms with Crippen molar-refractivity contribution in [1.29, 1.82) is 0 Å². The van der Waals surface area contributed by atoms with Gasteiger partial charge in [0, 0.05) is 20.6 Å². The fourth-order valence-electron chi connectivity index (χ4n) is 2.23. The molecular formula is C16H24N2O3. The Morgan fingerprint density at radius 1 is 1.33 bits per heavy atom. The summed E-state index contributed by atoms with van der Waals surface area (Å²) in [7, 11) is 1.58. The maximum absolute atomic E-state index is 12.0. The minimum absolute atomic E-state index is 0.0247. The third-order valence-electron chi connectivity index (χ3n) is 3.28. The maximum Gasteiger partial charge on any atom is 0.240 e. The van der Waals surface area contributed by atoms with Gasteiger partial charge in [-0.3, -0.25) is 9.59 Å². The van der Waals surface area contributed by atoms with E-state index in [1.165, 1.54) is 11.8 Å². The molecule has 0 radical (unpaired) electrons. The van der Waals surface area contributed by atoms with Gasteiger partial charge in [-0.05, 0) is 24.5 Å². The molecule has 0 bridgehead atoms. The highest BCUT2D eigenvalue weighted by molar-refractivity contribution is 5.98. The van der Waals surface area contributed by atoms with Crippen molar-refractivity contribution in [2.45, 2.75) is 27.2 Å². The second-order valence-electron chi connectivity index (χ2n) is 4.88. The van der Waals surface area contributed by atoms with Crippen molar-refractivity contribution in [3.8, 4) is 0 Å². The van der Waals surface area contributed by atoms with Crippen molar-refractivity contribution in [2.24, 2.45) is 0 Å². The molecule has 0 saturated carbocycles. The van der Waals surface area contributed by atoms with E-state index in [-0.39, 0.29) is 18.4 Å². The Labute approximate surface area is 126 Å². The highest BCUT2D eigenvalue weighted by atomic mass is 16.5. The Morgan fingerprint density at radius 3 is 2.62 bits per heavy atom. The highest BCUT2D eigenvalue weighted by Crippen LogP contribution is 2.25. The quantitative estimate of drug-likeness (QED) is 0.778. The zero-order chi connectivity index (χ0) is 15.8. The van der Waals surface area contributed by atoms with Gasteiger partial charge in [0.05, 0.1) is 12.3 Å². The average molecular weight is 292 g/mol. The number of benzene rings is 1. The molecule has 1 aromatic rings. The van der Waals surface area contributed by atoms with E-state index in [9.17, 15) is 9.59 Å². The van der Waals surface area contributed by atoms with Gasteiger partial charge in [-0.15, -0.1) is 0 Å². The molecule has 116 valence electrons. The maximum atomic E-state index is 12.0. The number of hydrogen-bond acceptors (Lipinski definition) is 3. The van der Waals surface area contributed by atoms with E-state index in [2.05, 4.69) is 5.32 Å². The van der Waals surface area contributed by atoms with Crippen LogP contribution in [0, 0.1) is 6.92 Å². The number of nitrogens with one attached hydrogen (secondary N) is 1. The van der Waals surface area contributed by atoms with Gasteiger partial charge in [-0.1, -0.05) is 25.1 Å². The van der Waals surface area contributed by atoms with Gasteiger partial charge in [0.1, 0.15) is 6.54 Å². The predicted molar refractivity (Wildman–Crippen MR) is 83.5 cm³/mol. The van der Waals surface area contributed by atoms with Gasteiger partial charge in [0.2, 0.25) is 11.8 Å². The Balaban J connectivity index is 2.93. The molecule has 0 unspecified atom stereocenters. The van der Waals surface area contributed by atoms with Gasteiger partial charge < -0.3 is 15.0 Å². The third-order valence-corrected chi connectivity index (χ3v) is 3.28. The molecule has 0 aromatic heterocycles. The van der Waals surface area contributed by atoms with E-state index in [0.29, 0.717) is 13.2 Å². The van der Waals surface area contributed by atoms with Crippen LogP contribution in [-0.4, -0.2) is 38.6 Å². The molecule has 2 amide bonds. The van der Waals surface area contributed by atoms with Crippen molar-refractivity contribution < 1.29 is 14.3 Å². The summed E-state index contributed by atoms with van der Waals surface area (Å²) >= 11 is 0. The fourth-order valence-corrected chi connectivity index (χ4v) is 2.23. The molecule has 0 aliphatic heterocycles. The standard InChI is InChI=1S/C16H24N2O3/c1-5-14-8-6-7-12(2)16(14)18(13(3)19)11-15(20)17-9-10-21-4/h6-8H,5,9-11H2,1-4H3,(H,17,20). The first-order valence-corrected chi connectivity index (χ1v) is 7.13. The van der Waals surface area contributed by atoms with Gasteiger partial charge in [0.25, 0.3) is 0 Å². The van der Waals surface area contributed by atoms with E-state index in [1.54, 1.807) is 7.11 Å². The van der Waals surface area contributed by atoms with Crippen molar-refractivity contribution in [3.05, 3.63) is 29.3 Å². The van der Waals surface area contributed by atoms with E-state index >= 15 is 0 Å². The lowest BCUT2D eigenvalue weighted by Crippen LogP contribution is -2.41. The number of anilines is 1. The molecular weight excluding hydrogens is 268 g/mol. The molecule has 5 heteroatoms. The molecule has 0 spiro atoms. The number of aryl methyl sites for hydroxylation is 2. The van der Waals surface area contributed by atoms with Crippen LogP contribution in [-0.2, 0) is 20.7 Å². The average Bonchev–Trinajstić information content (AvgIpc) is 2.45. The summed E-state index contributed by atoms with van der Waals surface area (Å²) in [6, 6.07) is 5.91. The van der Waals surface area contributed by atoms with Crippen LogP contribution < -0.4 is 10.2 Å². The summed E-state index contributed by atoms with van der Waals surface area (Å²) in [6.45, 7) is 6.39. The van der Waals surface area contributed by atoms with Gasteiger partial charge in [-0.25, -0.2) is 0 Å². The van der Waals surface area contributed by atoms with E-state index in [0.717, 1.165) is 23.2 Å². The Bertz CT molecular complexity index is 500. The number of ether oxygens (including phenoxy) is 1. The van der Waals surface area contributed by atoms with Crippen LogP contribution in [0.4, 0.5) is 5.69 Å². The van der Waals surface area contributed by atoms with Crippen molar-refractivity contribution in [1.82, 2.24) is 5.32 Å². The largest absolute Gasteiger partial charge is 0.383 e. The first-order chi connectivity index (χ1) is 10.0. The summed E-state index contributed by atoms with van der Waals surface area (Å²) < 4.78 is 4.89. The molecule has 21 heavy (non-hydrogen) atoms. The minimum Gasteiger partial charge on any atom is -0.383 e. The summed E-state index contributed by atoms with van der Waals surface area (Å²) in [5.41, 5.74) is 2.90. The van der Waals surface area contributed by atoms with Crippen molar-refractivity contribution in [2.75, 3.05) is 31.7 Å². The molecule has 0 aliphatic carbocycles. The van der Waals surface area contributed by atoms with Crippen molar-refractivity contribution in [3.63, 3.8) is 0 Å². The van der Waals surface area contributed by atoms with Gasteiger partial charge in [-0.2, -0.15) is 0 Å². The van der Waals surface area contributed by atoms with Crippen LogP contribution in [0.5, 0.6) is 0 Å². The Hall–Kier alpha value is -1.88. The van der Waals surface area contributed by atoms with Crippen LogP contribution in [0.1, 0.15) is 25.0 Å². The SMILES string of the molecule is CCc1cccc(C)c1N(CC(=O)NCCOC)C(C)=O. The Morgan fingerprint density at radius 2 is 2.05 bits per heavy atom. The van der Waals surface area contributed by atoms with Crippen LogP contribution >= 0.6 is 0 Å². The van der Waals surface area contributed by atoms with E-state index < -0.39 is 0 Å². The molecule has 1 N–H and O–H groups in total. The van der Waals surface area contributed by atoms with E-state index in [4.69, 9.17) is 4.74 Å². The minimum atomic E-state index is -0.187. The Kier molecular flexibility index (Phi) is 6.88. The number of para-hydroxylation sites is 1. The molecule has 0 saturated heterocycles. The topological polar surface area (TPSA) is 58.6 Å². The molecule has 0 fully saturated rings. The molecule has 1 aromatic carbocycles. The highest BCUT2D eigenvalue weighted by Gasteiger charge is 2.19. The van der Waals surface area contributed by atoms with E-state index in [1.807, 2.05) is 32.0 Å². The summed E-state index contributed by atoms with van der Waals surface area (Å²) in [6.07, 6.45) is 0.812. The summed E-state index contributed by atoms with van der Waals surface area (Å²) in [5.74, 6) is -0.326. The monoisotopic (exact) mass is 292 g/mol. The lowest BCUT2D eigenvalue weighted by Gasteiger charge is -2.25. The number of rotatable bonds is 7. The zero-order valence-corrected chi connectivity index (χ0v) is 13.2. The normalized spacial score (nSPS) is 10.3. The van der Waals surface area contributed by atoms with Crippen LogP contribution in [0.2, 0.25) is 0 Å². The lowest BCUT2D eigenvalue weighted by molar-refractivity contribution is -0.123. The number of nitrogens with zero attached hydrogens (tertiary/aromatic N) is 1. The number of carbonyl (C=O) groups excluding carboxylic acids is 2. The van der Waals surface area contributed by atoms with Crippen molar-refractivity contribution >= 4 is 17.5 Å². The zero-order valence-electron chi connectivity index (χ0n) is 13.2. The van der Waals surface area contributed by atoms with Crippen LogP contribution in [0.15, 0.2) is 18.2 Å². The van der Waals surface area contributed by atoms with Crippen LogP contribution in [0.3, 0.4) is 0 Å². The first-order valence-electron chi connectivity index (χ1n) is 7.13. The molecule has 1 rings (SSSR count). The first kappa shape index (κ1) is 17.2. The smallest absolute Gasteiger partial charge is 0.240 e.